The number of rotatable bonds is 2. The molecule has 6 atom stereocenters. The van der Waals surface area contributed by atoms with Gasteiger partial charge in [0.05, 0.1) is 22.9 Å². The molecule has 2 unspecified atom stereocenters. The Morgan fingerprint density at radius 1 is 1.16 bits per heavy atom. The van der Waals surface area contributed by atoms with E-state index in [0.29, 0.717) is 30.1 Å². The van der Waals surface area contributed by atoms with Crippen LogP contribution in [-0.4, -0.2) is 34.1 Å². The first-order chi connectivity index (χ1) is 17.5. The van der Waals surface area contributed by atoms with Gasteiger partial charge in [0, 0.05) is 18.5 Å². The van der Waals surface area contributed by atoms with E-state index in [1.54, 1.807) is 0 Å². The molecule has 2 bridgehead atoms. The molecule has 5 aliphatic rings. The van der Waals surface area contributed by atoms with Gasteiger partial charge in [0.25, 0.3) is 0 Å². The van der Waals surface area contributed by atoms with Crippen LogP contribution in [0.1, 0.15) is 48.0 Å². The van der Waals surface area contributed by atoms with Crippen molar-refractivity contribution in [2.75, 3.05) is 6.61 Å². The third-order valence-electron chi connectivity index (χ3n) is 10.0. The van der Waals surface area contributed by atoms with Gasteiger partial charge >= 0.3 is 0 Å². The number of carbonyl (C=O) groups excluding carboxylic acids is 1. The zero-order valence-corrected chi connectivity index (χ0v) is 22.8. The maximum Gasteiger partial charge on any atom is 0.246 e. The van der Waals surface area contributed by atoms with Crippen molar-refractivity contribution in [2.45, 2.75) is 59.9 Å². The van der Waals surface area contributed by atoms with E-state index in [9.17, 15) is 4.79 Å². The molecule has 1 spiro atoms. The standard InChI is InChI=1S/C31H36N2O4/c1-16-14-31-17(2)12-21-23(29(21,3)4)20(27(31)34)13-18-15-35-30(5,6)37-26(18)24(31)25(16)36-28-19-10-8-9-11-22(19)33(7)32-28/h8-11,13-14,17,20-21,23,26H,12,15H2,1-7H3/t17-,20+,21?,23?,26-,31-/m1/s1. The third-order valence-corrected chi connectivity index (χ3v) is 10.0. The van der Waals surface area contributed by atoms with E-state index in [4.69, 9.17) is 19.3 Å². The lowest BCUT2D eigenvalue weighted by atomic mass is 9.64. The quantitative estimate of drug-likeness (QED) is 0.492. The van der Waals surface area contributed by atoms with E-state index >= 15 is 0 Å². The van der Waals surface area contributed by atoms with Crippen molar-refractivity contribution in [3.8, 4) is 5.88 Å². The normalized spacial score (nSPS) is 37.2. The first kappa shape index (κ1) is 23.4. The average molecular weight is 501 g/mol. The molecule has 2 saturated carbocycles. The molecule has 6 nitrogen and oxygen atoms in total. The minimum atomic E-state index is -0.766. The van der Waals surface area contributed by atoms with Gasteiger partial charge in [-0.3, -0.25) is 9.48 Å². The summed E-state index contributed by atoms with van der Waals surface area (Å²) in [5, 5.41) is 5.67. The van der Waals surface area contributed by atoms with Crippen molar-refractivity contribution in [1.82, 2.24) is 9.78 Å². The molecule has 6 heteroatoms. The summed E-state index contributed by atoms with van der Waals surface area (Å²) in [6.45, 7) is 13.3. The van der Waals surface area contributed by atoms with Crippen molar-refractivity contribution < 1.29 is 19.0 Å². The second-order valence-electron chi connectivity index (χ2n) is 12.9. The molecule has 0 N–H and O–H groups in total. The molecule has 37 heavy (non-hydrogen) atoms. The number of allylic oxidation sites excluding steroid dienone is 3. The van der Waals surface area contributed by atoms with Crippen LogP contribution in [0, 0.1) is 34.5 Å². The van der Waals surface area contributed by atoms with E-state index in [1.807, 2.05) is 49.8 Å². The monoisotopic (exact) mass is 500 g/mol. The lowest BCUT2D eigenvalue weighted by molar-refractivity contribution is -0.246. The second kappa shape index (κ2) is 7.23. The number of carbonyl (C=O) groups is 1. The SMILES string of the molecule is CC1=C[C@]23C(=O)[C@@H](C=C4COC(C)(C)O[C@H]4C2=C1Oc1nn(C)c2ccccc12)C1C(C[C@H]3C)C1(C)C. The molecule has 0 radical (unpaired) electrons. The van der Waals surface area contributed by atoms with Gasteiger partial charge in [-0.05, 0) is 73.6 Å². The van der Waals surface area contributed by atoms with Gasteiger partial charge in [-0.15, -0.1) is 5.10 Å². The maximum absolute atomic E-state index is 14.8. The number of aromatic nitrogens is 2. The number of para-hydroxylation sites is 1. The fourth-order valence-corrected chi connectivity index (χ4v) is 8.04. The summed E-state index contributed by atoms with van der Waals surface area (Å²) in [5.74, 6) is 1.68. The number of fused-ring (bicyclic) bond motifs is 6. The number of hydrogen-bond donors (Lipinski definition) is 0. The van der Waals surface area contributed by atoms with Crippen molar-refractivity contribution in [3.63, 3.8) is 0 Å². The minimum absolute atomic E-state index is 0.133. The molecule has 7 rings (SSSR count). The van der Waals surface area contributed by atoms with Crippen LogP contribution in [0.3, 0.4) is 0 Å². The third kappa shape index (κ3) is 3.00. The van der Waals surface area contributed by atoms with Crippen LogP contribution in [-0.2, 0) is 21.3 Å². The Kier molecular flexibility index (Phi) is 4.58. The number of hydrogen-bond acceptors (Lipinski definition) is 5. The highest BCUT2D eigenvalue weighted by atomic mass is 16.7. The molecule has 2 heterocycles. The number of aryl methyl sites for hydroxylation is 1. The highest BCUT2D eigenvalue weighted by molar-refractivity contribution is 5.97. The average Bonchev–Trinajstić information content (AvgIpc) is 3.12. The Morgan fingerprint density at radius 2 is 1.92 bits per heavy atom. The lowest BCUT2D eigenvalue weighted by Gasteiger charge is -2.43. The molecule has 4 aliphatic carbocycles. The van der Waals surface area contributed by atoms with Gasteiger partial charge in [-0.25, -0.2) is 0 Å². The summed E-state index contributed by atoms with van der Waals surface area (Å²) < 4.78 is 21.4. The van der Waals surface area contributed by atoms with Crippen LogP contribution < -0.4 is 4.74 Å². The molecule has 1 aromatic heterocycles. The van der Waals surface area contributed by atoms with Gasteiger partial charge in [-0.1, -0.05) is 45.1 Å². The van der Waals surface area contributed by atoms with Gasteiger partial charge in [0.2, 0.25) is 5.88 Å². The van der Waals surface area contributed by atoms with Crippen LogP contribution >= 0.6 is 0 Å². The van der Waals surface area contributed by atoms with Crippen molar-refractivity contribution in [2.24, 2.45) is 41.5 Å². The highest BCUT2D eigenvalue weighted by Crippen LogP contribution is 2.71. The molecule has 0 amide bonds. The first-order valence-corrected chi connectivity index (χ1v) is 13.6. The molecule has 1 saturated heterocycles. The van der Waals surface area contributed by atoms with Crippen LogP contribution in [0.25, 0.3) is 10.9 Å². The Balaban J connectivity index is 1.46. The van der Waals surface area contributed by atoms with Crippen LogP contribution in [0.4, 0.5) is 0 Å². The van der Waals surface area contributed by atoms with Gasteiger partial charge in [-0.2, -0.15) is 0 Å². The van der Waals surface area contributed by atoms with E-state index in [0.717, 1.165) is 39.8 Å². The zero-order chi connectivity index (χ0) is 26.1. The van der Waals surface area contributed by atoms with Gasteiger partial charge in [0.15, 0.2) is 11.6 Å². The maximum atomic E-state index is 14.8. The molecular weight excluding hydrogens is 464 g/mol. The Bertz CT molecular complexity index is 1460. The number of Topliss-reactive ketones (excluding diaryl/α,β-unsaturated/α-hetero) is 1. The fraction of sp³-hybridized carbons (Fsp3) is 0.548. The van der Waals surface area contributed by atoms with Crippen molar-refractivity contribution in [1.29, 1.82) is 0 Å². The predicted molar refractivity (Wildman–Crippen MR) is 141 cm³/mol. The summed E-state index contributed by atoms with van der Waals surface area (Å²) in [6, 6.07) is 8.08. The Morgan fingerprint density at radius 3 is 2.70 bits per heavy atom. The van der Waals surface area contributed by atoms with E-state index in [1.165, 1.54) is 0 Å². The molecule has 1 aromatic carbocycles. The number of benzene rings is 1. The van der Waals surface area contributed by atoms with E-state index in [-0.39, 0.29) is 23.4 Å². The summed E-state index contributed by atoms with van der Waals surface area (Å²) in [6.07, 6.45) is 5.04. The fourth-order valence-electron chi connectivity index (χ4n) is 8.04. The summed E-state index contributed by atoms with van der Waals surface area (Å²) in [5.41, 5.74) is 3.38. The molecule has 3 fully saturated rings. The van der Waals surface area contributed by atoms with Gasteiger partial charge < -0.3 is 14.2 Å². The Hall–Kier alpha value is -2.70. The van der Waals surface area contributed by atoms with E-state index in [2.05, 4.69) is 39.8 Å². The second-order valence-corrected chi connectivity index (χ2v) is 12.9. The molecular formula is C31H36N2O4. The first-order valence-electron chi connectivity index (χ1n) is 13.6. The minimum Gasteiger partial charge on any atom is -0.437 e. The largest absolute Gasteiger partial charge is 0.437 e. The Labute approximate surface area is 218 Å². The van der Waals surface area contributed by atoms with E-state index < -0.39 is 11.2 Å². The summed E-state index contributed by atoms with van der Waals surface area (Å²) >= 11 is 0. The zero-order valence-electron chi connectivity index (χ0n) is 22.8. The summed E-state index contributed by atoms with van der Waals surface area (Å²) in [4.78, 5) is 14.8. The van der Waals surface area contributed by atoms with Crippen LogP contribution in [0.2, 0.25) is 0 Å². The highest BCUT2D eigenvalue weighted by Gasteiger charge is 2.70. The predicted octanol–water partition coefficient (Wildman–Crippen LogP) is 5.74. The van der Waals surface area contributed by atoms with Crippen molar-refractivity contribution >= 4 is 16.7 Å². The topological polar surface area (TPSA) is 62.6 Å². The lowest BCUT2D eigenvalue weighted by Crippen LogP contribution is -2.47. The molecule has 2 aromatic rings. The number of nitrogens with zero attached hydrogens (tertiary/aromatic N) is 2. The number of ketones is 1. The molecule has 1 aliphatic heterocycles. The smallest absolute Gasteiger partial charge is 0.246 e. The van der Waals surface area contributed by atoms with Gasteiger partial charge in [0.1, 0.15) is 11.9 Å². The van der Waals surface area contributed by atoms with Crippen LogP contribution in [0.15, 0.2) is 58.9 Å². The van der Waals surface area contributed by atoms with Crippen molar-refractivity contribution in [3.05, 3.63) is 58.9 Å². The number of ether oxygens (including phenoxy) is 3. The molecule has 194 valence electrons. The summed E-state index contributed by atoms with van der Waals surface area (Å²) in [7, 11) is 1.93. The van der Waals surface area contributed by atoms with Crippen LogP contribution in [0.5, 0.6) is 5.88 Å².